The number of hydrogen-bond acceptors (Lipinski definition) is 3. The number of ether oxygens (including phenoxy) is 1. The lowest BCUT2D eigenvalue weighted by atomic mass is 10.1. The quantitative estimate of drug-likeness (QED) is 0.467. The maximum absolute atomic E-state index is 12.5. The Hall–Kier alpha value is -3.14. The molecule has 0 aliphatic heterocycles. The highest BCUT2D eigenvalue weighted by molar-refractivity contribution is 6.08. The third-order valence-corrected chi connectivity index (χ3v) is 4.59. The lowest BCUT2D eigenvalue weighted by Gasteiger charge is -2.07. The van der Waals surface area contributed by atoms with Crippen LogP contribution in [0.25, 0.3) is 6.08 Å². The Morgan fingerprint density at radius 1 is 1.04 bits per heavy atom. The molecule has 1 heterocycles. The number of benzene rings is 2. The van der Waals surface area contributed by atoms with Gasteiger partial charge in [-0.05, 0) is 50.1 Å². The molecule has 0 radical (unpaired) electrons. The van der Waals surface area contributed by atoms with Gasteiger partial charge in [-0.3, -0.25) is 9.48 Å². The molecule has 0 saturated heterocycles. The molecule has 0 N–H and O–H groups in total. The maximum atomic E-state index is 12.5. The van der Waals surface area contributed by atoms with Crippen LogP contribution in [0.4, 0.5) is 0 Å². The number of nitrogens with zero attached hydrogens (tertiary/aromatic N) is 2. The van der Waals surface area contributed by atoms with Gasteiger partial charge in [0.15, 0.2) is 5.78 Å². The molecule has 4 nitrogen and oxygen atoms in total. The summed E-state index contributed by atoms with van der Waals surface area (Å²) in [5.74, 6) is 0.774. The molecule has 27 heavy (non-hydrogen) atoms. The largest absolute Gasteiger partial charge is 0.489 e. The zero-order valence-electron chi connectivity index (χ0n) is 16.2. The van der Waals surface area contributed by atoms with Crippen LogP contribution in [-0.4, -0.2) is 15.6 Å². The molecule has 0 amide bonds. The van der Waals surface area contributed by atoms with Crippen molar-refractivity contribution in [1.29, 1.82) is 0 Å². The maximum Gasteiger partial charge on any atom is 0.189 e. The monoisotopic (exact) mass is 360 g/mol. The number of hydrogen-bond donors (Lipinski definition) is 0. The predicted molar refractivity (Wildman–Crippen MR) is 108 cm³/mol. The summed E-state index contributed by atoms with van der Waals surface area (Å²) in [4.78, 5) is 12.5. The Kier molecular flexibility index (Phi) is 5.55. The Labute approximate surface area is 160 Å². The zero-order valence-corrected chi connectivity index (χ0v) is 16.2. The van der Waals surface area contributed by atoms with Crippen LogP contribution in [0.15, 0.2) is 54.6 Å². The van der Waals surface area contributed by atoms with E-state index >= 15 is 0 Å². The molecule has 0 fully saturated rings. The van der Waals surface area contributed by atoms with Crippen LogP contribution in [-0.2, 0) is 13.7 Å². The fraction of sp³-hybridized carbons (Fsp3) is 0.217. The first-order valence-electron chi connectivity index (χ1n) is 8.95. The number of allylic oxidation sites excluding steroid dienone is 1. The second kappa shape index (κ2) is 8.04. The van der Waals surface area contributed by atoms with Gasteiger partial charge in [0.1, 0.15) is 12.4 Å². The van der Waals surface area contributed by atoms with Crippen LogP contribution in [0.5, 0.6) is 5.75 Å². The molecule has 0 aliphatic carbocycles. The minimum Gasteiger partial charge on any atom is -0.489 e. The molecule has 2 aromatic carbocycles. The first-order valence-corrected chi connectivity index (χ1v) is 8.95. The zero-order chi connectivity index (χ0) is 19.4. The van der Waals surface area contributed by atoms with E-state index < -0.39 is 0 Å². The summed E-state index contributed by atoms with van der Waals surface area (Å²) in [5, 5.41) is 4.29. The lowest BCUT2D eigenvalue weighted by molar-refractivity contribution is 0.104. The van der Waals surface area contributed by atoms with Crippen molar-refractivity contribution in [1.82, 2.24) is 9.78 Å². The first-order chi connectivity index (χ1) is 12.9. The Bertz CT molecular complexity index is 965. The Balaban J connectivity index is 1.62. The van der Waals surface area contributed by atoms with Crippen LogP contribution in [0, 0.1) is 20.8 Å². The number of ketones is 1. The van der Waals surface area contributed by atoms with Crippen LogP contribution in [0.2, 0.25) is 0 Å². The second-order valence-corrected chi connectivity index (χ2v) is 6.71. The van der Waals surface area contributed by atoms with Crippen LogP contribution < -0.4 is 4.74 Å². The Morgan fingerprint density at radius 3 is 2.30 bits per heavy atom. The van der Waals surface area contributed by atoms with Gasteiger partial charge in [0.25, 0.3) is 0 Å². The van der Waals surface area contributed by atoms with Gasteiger partial charge in [0, 0.05) is 12.7 Å². The summed E-state index contributed by atoms with van der Waals surface area (Å²) in [6, 6.07) is 16.0. The van der Waals surface area contributed by atoms with Gasteiger partial charge in [-0.15, -0.1) is 0 Å². The number of rotatable bonds is 6. The van der Waals surface area contributed by atoms with Crippen molar-refractivity contribution in [3.8, 4) is 5.75 Å². The molecule has 0 atom stereocenters. The Morgan fingerprint density at radius 2 is 1.70 bits per heavy atom. The third-order valence-electron chi connectivity index (χ3n) is 4.59. The summed E-state index contributed by atoms with van der Waals surface area (Å²) < 4.78 is 7.55. The lowest BCUT2D eigenvalue weighted by Crippen LogP contribution is -1.99. The van der Waals surface area contributed by atoms with Gasteiger partial charge in [0.05, 0.1) is 11.3 Å². The smallest absolute Gasteiger partial charge is 0.189 e. The van der Waals surface area contributed by atoms with Crippen molar-refractivity contribution in [3.05, 3.63) is 88.2 Å². The summed E-state index contributed by atoms with van der Waals surface area (Å²) in [6.45, 7) is 6.36. The molecule has 0 bridgehead atoms. The molecular formula is C23H24N2O2. The average Bonchev–Trinajstić information content (AvgIpc) is 2.92. The van der Waals surface area contributed by atoms with Gasteiger partial charge < -0.3 is 4.74 Å². The van der Waals surface area contributed by atoms with Gasteiger partial charge in [-0.25, -0.2) is 0 Å². The van der Waals surface area contributed by atoms with E-state index in [1.807, 2.05) is 51.2 Å². The number of carbonyl (C=O) groups is 1. The molecule has 1 aromatic heterocycles. The molecule has 0 aliphatic rings. The minimum absolute atomic E-state index is 0.0298. The highest BCUT2D eigenvalue weighted by Crippen LogP contribution is 2.17. The summed E-state index contributed by atoms with van der Waals surface area (Å²) in [7, 11) is 1.85. The van der Waals surface area contributed by atoms with Gasteiger partial charge >= 0.3 is 0 Å². The molecular weight excluding hydrogens is 336 g/mol. The predicted octanol–water partition coefficient (Wildman–Crippen LogP) is 4.82. The van der Waals surface area contributed by atoms with Crippen LogP contribution in [0.3, 0.4) is 0 Å². The van der Waals surface area contributed by atoms with E-state index in [0.717, 1.165) is 28.3 Å². The summed E-state index contributed by atoms with van der Waals surface area (Å²) >= 11 is 0. The number of aromatic nitrogens is 2. The minimum atomic E-state index is -0.0298. The topological polar surface area (TPSA) is 44.1 Å². The molecule has 0 unspecified atom stereocenters. The van der Waals surface area contributed by atoms with Crippen molar-refractivity contribution in [3.63, 3.8) is 0 Å². The van der Waals surface area contributed by atoms with Gasteiger partial charge in [-0.1, -0.05) is 48.0 Å². The fourth-order valence-corrected chi connectivity index (χ4v) is 2.91. The molecule has 0 spiro atoms. The van der Waals surface area contributed by atoms with E-state index in [9.17, 15) is 4.79 Å². The van der Waals surface area contributed by atoms with E-state index in [1.165, 1.54) is 5.56 Å². The molecule has 4 heteroatoms. The van der Waals surface area contributed by atoms with E-state index in [-0.39, 0.29) is 5.78 Å². The highest BCUT2D eigenvalue weighted by atomic mass is 16.5. The van der Waals surface area contributed by atoms with Gasteiger partial charge in [0.2, 0.25) is 0 Å². The van der Waals surface area contributed by atoms with Crippen LogP contribution in [0.1, 0.15) is 38.4 Å². The third kappa shape index (κ3) is 4.53. The van der Waals surface area contributed by atoms with E-state index in [1.54, 1.807) is 10.8 Å². The molecule has 0 saturated carbocycles. The fourth-order valence-electron chi connectivity index (χ4n) is 2.91. The molecule has 3 rings (SSSR count). The highest BCUT2D eigenvalue weighted by Gasteiger charge is 2.14. The van der Waals surface area contributed by atoms with Crippen molar-refractivity contribution >= 4 is 11.9 Å². The van der Waals surface area contributed by atoms with Crippen molar-refractivity contribution < 1.29 is 9.53 Å². The summed E-state index contributed by atoms with van der Waals surface area (Å²) in [5.41, 5.74) is 5.63. The van der Waals surface area contributed by atoms with Crippen molar-refractivity contribution in [2.45, 2.75) is 27.4 Å². The van der Waals surface area contributed by atoms with Crippen LogP contribution >= 0.6 is 0 Å². The standard InChI is InChI=1S/C23H24N2O2/c1-16-5-7-20(8-6-16)15-27-21-12-9-19(10-13-21)11-14-22(26)23-17(2)24-25(4)18(23)3/h5-14H,15H2,1-4H3/b14-11+. The molecule has 3 aromatic rings. The van der Waals surface area contributed by atoms with E-state index in [0.29, 0.717) is 12.2 Å². The first kappa shape index (κ1) is 18.6. The normalized spacial score (nSPS) is 11.1. The number of carbonyl (C=O) groups excluding carboxylic acids is 1. The molecule has 138 valence electrons. The summed E-state index contributed by atoms with van der Waals surface area (Å²) in [6.07, 6.45) is 3.41. The van der Waals surface area contributed by atoms with Crippen molar-refractivity contribution in [2.75, 3.05) is 0 Å². The average molecular weight is 360 g/mol. The van der Waals surface area contributed by atoms with E-state index in [4.69, 9.17) is 4.74 Å². The van der Waals surface area contributed by atoms with Crippen molar-refractivity contribution in [2.24, 2.45) is 7.05 Å². The SMILES string of the molecule is Cc1ccc(COc2ccc(/C=C/C(=O)c3c(C)nn(C)c3C)cc2)cc1. The second-order valence-electron chi connectivity index (χ2n) is 6.71. The number of aryl methyl sites for hydroxylation is 3. The van der Waals surface area contributed by atoms with E-state index in [2.05, 4.69) is 36.3 Å². The van der Waals surface area contributed by atoms with Gasteiger partial charge in [-0.2, -0.15) is 5.10 Å².